The minimum atomic E-state index is -4.77. The highest BCUT2D eigenvalue weighted by Crippen LogP contribution is 2.48. The second-order valence-electron chi connectivity index (χ2n) is 10.8. The number of hydrogen-bond acceptors (Lipinski definition) is 15. The van der Waals surface area contributed by atoms with Crippen molar-refractivity contribution in [3.63, 3.8) is 0 Å². The number of likely N-dealkylation sites (tertiary alicyclic amines) is 1. The second-order valence-corrected chi connectivity index (χ2v) is 16.3. The van der Waals surface area contributed by atoms with Crippen molar-refractivity contribution in [2.24, 2.45) is 0 Å². The van der Waals surface area contributed by atoms with Crippen LogP contribution in [0.25, 0.3) is 0 Å². The number of phosphoric acid groups is 2. The number of rotatable bonds is 20. The van der Waals surface area contributed by atoms with Gasteiger partial charge in [0.25, 0.3) is 10.1 Å². The molecule has 0 bridgehead atoms. The summed E-state index contributed by atoms with van der Waals surface area (Å²) < 4.78 is 79.2. The maximum Gasteiger partial charge on any atom is 0.472 e. The summed E-state index contributed by atoms with van der Waals surface area (Å²) in [5.41, 5.74) is -1.88. The Bertz CT molecular complexity index is 1510. The van der Waals surface area contributed by atoms with Crippen LogP contribution < -0.4 is 4.74 Å². The predicted octanol–water partition coefficient (Wildman–Crippen LogP) is 3.23. The lowest BCUT2D eigenvalue weighted by Gasteiger charge is -2.22. The molecule has 19 nitrogen and oxygen atoms in total. The number of carbonyl (C=O) groups excluding carboxylic acids is 3. The van der Waals surface area contributed by atoms with E-state index < -0.39 is 95.4 Å². The highest BCUT2D eigenvalue weighted by Gasteiger charge is 2.40. The Morgan fingerprint density at radius 1 is 1.04 bits per heavy atom. The van der Waals surface area contributed by atoms with E-state index in [2.05, 4.69) is 4.52 Å². The predicted molar refractivity (Wildman–Crippen MR) is 163 cm³/mol. The molecule has 0 radical (unpaired) electrons. The summed E-state index contributed by atoms with van der Waals surface area (Å²) in [5.74, 6) is -2.65. The van der Waals surface area contributed by atoms with Crippen molar-refractivity contribution in [1.82, 2.24) is 4.90 Å². The van der Waals surface area contributed by atoms with E-state index in [9.17, 15) is 51.8 Å². The van der Waals surface area contributed by atoms with Gasteiger partial charge in [-0.15, -0.1) is 11.8 Å². The first-order valence-electron chi connectivity index (χ1n) is 13.8. The van der Waals surface area contributed by atoms with Crippen LogP contribution in [-0.4, -0.2) is 93.3 Å². The van der Waals surface area contributed by atoms with Gasteiger partial charge < -0.3 is 14.5 Å². The number of esters is 1. The third kappa shape index (κ3) is 14.8. The summed E-state index contributed by atoms with van der Waals surface area (Å²) in [4.78, 5) is 66.8. The molecule has 1 saturated heterocycles. The first-order valence-corrected chi connectivity index (χ1v) is 19.3. The number of thioether (sulfide) groups is 1. The topological polar surface area (TPSA) is 273 Å². The Labute approximate surface area is 274 Å². The van der Waals surface area contributed by atoms with Gasteiger partial charge in [0.1, 0.15) is 11.4 Å². The molecule has 1 aromatic carbocycles. The molecule has 3 unspecified atom stereocenters. The molecule has 1 aliphatic heterocycles. The first kappa shape index (κ1) is 40.9. The van der Waals surface area contributed by atoms with Crippen molar-refractivity contribution in [3.05, 3.63) is 28.3 Å². The van der Waals surface area contributed by atoms with Crippen LogP contribution in [-0.2, 0) is 51.7 Å². The van der Waals surface area contributed by atoms with E-state index >= 15 is 0 Å². The molecule has 2 amide bonds. The summed E-state index contributed by atoms with van der Waals surface area (Å²) in [5, 5.41) is 10.5. The minimum absolute atomic E-state index is 0.109. The molecule has 47 heavy (non-hydrogen) atoms. The molecule has 1 aliphatic rings. The number of phosphoric ester groups is 2. The Morgan fingerprint density at radius 2 is 1.64 bits per heavy atom. The van der Waals surface area contributed by atoms with Gasteiger partial charge in [0, 0.05) is 12.5 Å². The molecule has 0 saturated carbocycles. The van der Waals surface area contributed by atoms with Crippen LogP contribution in [0.15, 0.2) is 23.1 Å². The van der Waals surface area contributed by atoms with Gasteiger partial charge in [0.15, 0.2) is 0 Å². The van der Waals surface area contributed by atoms with Crippen LogP contribution in [0.2, 0.25) is 0 Å². The third-order valence-electron chi connectivity index (χ3n) is 5.73. The summed E-state index contributed by atoms with van der Waals surface area (Å²) in [7, 11) is -13.6. The lowest BCUT2D eigenvalue weighted by molar-refractivity contribution is -0.385. The third-order valence-corrected chi connectivity index (χ3v) is 10.2. The number of nitro groups is 1. The Hall–Kier alpha value is -2.29. The lowest BCUT2D eigenvalue weighted by Crippen LogP contribution is -2.37. The monoisotopic (exact) mass is 750 g/mol. The van der Waals surface area contributed by atoms with Gasteiger partial charge in [-0.25, -0.2) is 13.9 Å². The summed E-state index contributed by atoms with van der Waals surface area (Å²) in [6.07, 6.45) is 2.09. The molecule has 3 N–H and O–H groups in total. The van der Waals surface area contributed by atoms with Crippen molar-refractivity contribution in [2.45, 2.75) is 68.6 Å². The second kappa shape index (κ2) is 17.4. The Balaban J connectivity index is 1.67. The zero-order valence-electron chi connectivity index (χ0n) is 25.5. The molecule has 1 fully saturated rings. The van der Waals surface area contributed by atoms with E-state index in [0.29, 0.717) is 42.4 Å². The zero-order chi connectivity index (χ0) is 35.6. The fraction of sp³-hybridized carbons (Fsp3) is 0.625. The Kier molecular flexibility index (Phi) is 15.1. The van der Waals surface area contributed by atoms with Crippen LogP contribution in [0.5, 0.6) is 5.75 Å². The van der Waals surface area contributed by atoms with Crippen LogP contribution >= 0.6 is 27.4 Å². The smallest absolute Gasteiger partial charge is 0.418 e. The molecule has 0 spiro atoms. The van der Waals surface area contributed by atoms with Gasteiger partial charge in [0.05, 0.1) is 35.6 Å². The van der Waals surface area contributed by atoms with Gasteiger partial charge >= 0.3 is 27.3 Å². The van der Waals surface area contributed by atoms with Gasteiger partial charge in [-0.2, -0.15) is 8.42 Å². The van der Waals surface area contributed by atoms with Crippen LogP contribution in [0, 0.1) is 10.1 Å². The first-order chi connectivity index (χ1) is 21.6. The maximum atomic E-state index is 12.7. The molecule has 23 heteroatoms. The maximum absolute atomic E-state index is 12.7. The summed E-state index contributed by atoms with van der Waals surface area (Å²) >= 11 is 1.20. The number of nitrogens with zero attached hydrogens (tertiary/aromatic N) is 2. The van der Waals surface area contributed by atoms with Gasteiger partial charge in [0.2, 0.25) is 17.6 Å². The molecule has 0 aromatic heterocycles. The fourth-order valence-corrected chi connectivity index (χ4v) is 7.27. The molecular formula is C24H36N2O17P2S2. The van der Waals surface area contributed by atoms with Crippen molar-refractivity contribution < 1.29 is 74.0 Å². The van der Waals surface area contributed by atoms with Crippen molar-refractivity contribution in [2.75, 3.05) is 32.1 Å². The van der Waals surface area contributed by atoms with E-state index in [1.165, 1.54) is 11.8 Å². The molecule has 1 heterocycles. The largest absolute Gasteiger partial charge is 0.472 e. The van der Waals surface area contributed by atoms with E-state index in [-0.39, 0.29) is 13.0 Å². The lowest BCUT2D eigenvalue weighted by atomic mass is 10.2. The quantitative estimate of drug-likeness (QED) is 0.0252. The number of nitro benzene ring substituents is 1. The number of unbranched alkanes of at least 4 members (excludes halogenated alkanes) is 3. The van der Waals surface area contributed by atoms with E-state index in [1.54, 1.807) is 20.8 Å². The van der Waals surface area contributed by atoms with Gasteiger partial charge in [-0.1, -0.05) is 12.8 Å². The highest BCUT2D eigenvalue weighted by atomic mass is 32.2. The van der Waals surface area contributed by atoms with Crippen LogP contribution in [0.1, 0.15) is 52.9 Å². The fourth-order valence-electron chi connectivity index (χ4n) is 3.80. The molecule has 0 aliphatic carbocycles. The van der Waals surface area contributed by atoms with E-state index in [4.69, 9.17) is 22.9 Å². The van der Waals surface area contributed by atoms with E-state index in [1.807, 2.05) is 0 Å². The van der Waals surface area contributed by atoms with Crippen molar-refractivity contribution in [1.29, 1.82) is 0 Å². The van der Waals surface area contributed by atoms with Crippen LogP contribution in [0.4, 0.5) is 5.69 Å². The SMILES string of the molecule is CC(C)(C)OP(=O)(O)OCCOP(=O)(O)OCCCCCCSC1CC(=O)N(CC(=O)Oc2ccc(S(=O)(=O)O)cc2[N+](=O)[O-])C1=O. The molecule has 266 valence electrons. The highest BCUT2D eigenvalue weighted by molar-refractivity contribution is 8.00. The number of carbonyl (C=O) groups is 3. The Morgan fingerprint density at radius 3 is 2.23 bits per heavy atom. The van der Waals surface area contributed by atoms with Gasteiger partial charge in [-0.05, 0) is 51.5 Å². The standard InChI is InChI=1S/C24H36N2O17P2S2/c1-24(2,3)43-45(34,35)41-12-11-40-44(32,33)39-10-6-4-5-7-13-46-20-15-21(27)25(23(20)29)16-22(28)42-19-9-8-17(47(36,37)38)14-18(19)26(30)31/h8-9,14,20H,4-7,10-13,15-16H2,1-3H3,(H,32,33)(H,34,35)(H,36,37,38). The number of hydrogen-bond donors (Lipinski definition) is 3. The van der Waals surface area contributed by atoms with Crippen molar-refractivity contribution >= 4 is 61.0 Å². The average Bonchev–Trinajstić information content (AvgIpc) is 3.18. The van der Waals surface area contributed by atoms with Gasteiger partial charge in [-0.3, -0.25) is 47.3 Å². The molecule has 2 rings (SSSR count). The number of imide groups is 1. The summed E-state index contributed by atoms with van der Waals surface area (Å²) in [6.45, 7) is 2.71. The summed E-state index contributed by atoms with van der Waals surface area (Å²) in [6, 6.07) is 2.06. The number of amides is 2. The van der Waals surface area contributed by atoms with Crippen molar-refractivity contribution in [3.8, 4) is 5.75 Å². The average molecular weight is 751 g/mol. The van der Waals surface area contributed by atoms with Crippen LogP contribution in [0.3, 0.4) is 0 Å². The molecule has 1 aromatic rings. The number of benzene rings is 1. The van der Waals surface area contributed by atoms with E-state index in [0.717, 1.165) is 12.1 Å². The molecule has 3 atom stereocenters. The normalized spacial score (nSPS) is 18.2. The molecular weight excluding hydrogens is 714 g/mol. The zero-order valence-corrected chi connectivity index (χ0v) is 29.0. The minimum Gasteiger partial charge on any atom is -0.418 e. The number of ether oxygens (including phenoxy) is 1.